The lowest BCUT2D eigenvalue weighted by atomic mass is 9.98. The van der Waals surface area contributed by atoms with Gasteiger partial charge in [0.25, 0.3) is 0 Å². The van der Waals surface area contributed by atoms with Gasteiger partial charge in [0.05, 0.1) is 20.8 Å². The summed E-state index contributed by atoms with van der Waals surface area (Å²) in [6.45, 7) is 3.24. The molecule has 1 N–H and O–H groups in total. The maximum absolute atomic E-state index is 5.45. The molecule has 1 aliphatic rings. The number of ether oxygens (including phenoxy) is 2. The van der Waals surface area contributed by atoms with Crippen LogP contribution in [0.1, 0.15) is 16.7 Å². The van der Waals surface area contributed by atoms with Gasteiger partial charge in [0.2, 0.25) is 0 Å². The fourth-order valence-corrected chi connectivity index (χ4v) is 3.38. The van der Waals surface area contributed by atoms with Crippen molar-refractivity contribution >= 4 is 5.69 Å². The van der Waals surface area contributed by atoms with Crippen LogP contribution in [0.5, 0.6) is 11.5 Å². The predicted molar refractivity (Wildman–Crippen MR) is 97.3 cm³/mol. The maximum atomic E-state index is 5.45. The second kappa shape index (κ2) is 7.14. The van der Waals surface area contributed by atoms with Crippen molar-refractivity contribution in [2.24, 2.45) is 0 Å². The van der Waals surface area contributed by atoms with E-state index in [1.54, 1.807) is 19.1 Å². The number of hydrogen-bond acceptors (Lipinski definition) is 3. The zero-order valence-corrected chi connectivity index (χ0v) is 15.1. The first kappa shape index (κ1) is 16.7. The van der Waals surface area contributed by atoms with Crippen molar-refractivity contribution < 1.29 is 14.4 Å². The SMILES string of the molecule is COc1cc2c(cc1OC)C[NH+](Cc1ccc(N(C)C)cc1)CC2. The van der Waals surface area contributed by atoms with Gasteiger partial charge in [-0.3, -0.25) is 0 Å². The zero-order chi connectivity index (χ0) is 17.1. The van der Waals surface area contributed by atoms with E-state index in [0.29, 0.717) is 0 Å². The molecule has 24 heavy (non-hydrogen) atoms. The highest BCUT2D eigenvalue weighted by molar-refractivity contribution is 5.48. The Bertz CT molecular complexity index is 696. The molecule has 0 aliphatic carbocycles. The van der Waals surface area contributed by atoms with Crippen molar-refractivity contribution in [1.29, 1.82) is 0 Å². The summed E-state index contributed by atoms with van der Waals surface area (Å²) < 4.78 is 10.9. The highest BCUT2D eigenvalue weighted by atomic mass is 16.5. The summed E-state index contributed by atoms with van der Waals surface area (Å²) in [5.41, 5.74) is 5.40. The quantitative estimate of drug-likeness (QED) is 0.909. The summed E-state index contributed by atoms with van der Waals surface area (Å²) >= 11 is 0. The number of fused-ring (bicyclic) bond motifs is 1. The lowest BCUT2D eigenvalue weighted by Gasteiger charge is -2.27. The number of methoxy groups -OCH3 is 2. The fraction of sp³-hybridized carbons (Fsp3) is 0.400. The van der Waals surface area contributed by atoms with Gasteiger partial charge < -0.3 is 19.3 Å². The Hall–Kier alpha value is -2.20. The molecule has 2 aromatic carbocycles. The lowest BCUT2D eigenvalue weighted by Crippen LogP contribution is -3.10. The number of anilines is 1. The van der Waals surface area contributed by atoms with Crippen molar-refractivity contribution in [3.05, 3.63) is 53.1 Å². The molecule has 4 heteroatoms. The molecule has 1 aliphatic heterocycles. The van der Waals surface area contributed by atoms with Gasteiger partial charge in [0.1, 0.15) is 13.1 Å². The van der Waals surface area contributed by atoms with Crippen molar-refractivity contribution in [1.82, 2.24) is 0 Å². The number of hydrogen-bond donors (Lipinski definition) is 1. The molecule has 0 radical (unpaired) electrons. The van der Waals surface area contributed by atoms with Crippen LogP contribution in [0, 0.1) is 0 Å². The van der Waals surface area contributed by atoms with E-state index < -0.39 is 0 Å². The van der Waals surface area contributed by atoms with Gasteiger partial charge in [-0.15, -0.1) is 0 Å². The third-order valence-corrected chi connectivity index (χ3v) is 4.80. The normalized spacial score (nSPS) is 16.4. The first-order chi connectivity index (χ1) is 11.6. The summed E-state index contributed by atoms with van der Waals surface area (Å²) in [5.74, 6) is 1.66. The minimum Gasteiger partial charge on any atom is -0.493 e. The van der Waals surface area contributed by atoms with Crippen LogP contribution < -0.4 is 19.3 Å². The second-order valence-electron chi connectivity index (χ2n) is 6.64. The predicted octanol–water partition coefficient (Wildman–Crippen LogP) is 1.91. The lowest BCUT2D eigenvalue weighted by molar-refractivity contribution is -0.929. The number of benzene rings is 2. The maximum Gasteiger partial charge on any atom is 0.161 e. The van der Waals surface area contributed by atoms with E-state index in [1.807, 2.05) is 0 Å². The zero-order valence-electron chi connectivity index (χ0n) is 15.1. The van der Waals surface area contributed by atoms with E-state index >= 15 is 0 Å². The Balaban J connectivity index is 1.72. The van der Waals surface area contributed by atoms with E-state index in [-0.39, 0.29) is 0 Å². The van der Waals surface area contributed by atoms with Gasteiger partial charge >= 0.3 is 0 Å². The summed E-state index contributed by atoms with van der Waals surface area (Å²) in [6.07, 6.45) is 1.08. The van der Waals surface area contributed by atoms with Crippen molar-refractivity contribution in [2.75, 3.05) is 39.8 Å². The van der Waals surface area contributed by atoms with Gasteiger partial charge in [-0.1, -0.05) is 12.1 Å². The minimum atomic E-state index is 0.827. The molecule has 4 nitrogen and oxygen atoms in total. The number of nitrogens with one attached hydrogen (secondary N) is 1. The van der Waals surface area contributed by atoms with Gasteiger partial charge in [0, 0.05) is 37.3 Å². The van der Waals surface area contributed by atoms with Crippen LogP contribution in [-0.2, 0) is 19.5 Å². The van der Waals surface area contributed by atoms with Crippen LogP contribution in [0.25, 0.3) is 0 Å². The van der Waals surface area contributed by atoms with Crippen LogP contribution in [0.15, 0.2) is 36.4 Å². The smallest absolute Gasteiger partial charge is 0.161 e. The summed E-state index contributed by atoms with van der Waals surface area (Å²) in [6, 6.07) is 13.2. The van der Waals surface area contributed by atoms with Crippen LogP contribution in [-0.4, -0.2) is 34.9 Å². The topological polar surface area (TPSA) is 26.1 Å². The molecule has 0 bridgehead atoms. The molecule has 1 unspecified atom stereocenters. The van der Waals surface area contributed by atoms with E-state index in [4.69, 9.17) is 9.47 Å². The van der Waals surface area contributed by atoms with Crippen molar-refractivity contribution in [2.45, 2.75) is 19.5 Å². The highest BCUT2D eigenvalue weighted by Gasteiger charge is 2.22. The number of rotatable bonds is 5. The van der Waals surface area contributed by atoms with Gasteiger partial charge in [-0.25, -0.2) is 0 Å². The Labute approximate surface area is 144 Å². The first-order valence-electron chi connectivity index (χ1n) is 8.44. The first-order valence-corrected chi connectivity index (χ1v) is 8.44. The Kier molecular flexibility index (Phi) is 4.95. The number of nitrogens with zero attached hydrogens (tertiary/aromatic N) is 1. The molecule has 3 rings (SSSR count). The van der Waals surface area contributed by atoms with E-state index in [1.165, 1.54) is 22.4 Å². The van der Waals surface area contributed by atoms with Crippen molar-refractivity contribution in [3.8, 4) is 11.5 Å². The molecule has 0 spiro atoms. The Morgan fingerprint density at radius 1 is 0.958 bits per heavy atom. The minimum absolute atomic E-state index is 0.827. The molecule has 0 aromatic heterocycles. The molecule has 1 heterocycles. The molecule has 1 atom stereocenters. The molecule has 0 fully saturated rings. The van der Waals surface area contributed by atoms with Crippen LogP contribution in [0.2, 0.25) is 0 Å². The van der Waals surface area contributed by atoms with Crippen molar-refractivity contribution in [3.63, 3.8) is 0 Å². The second-order valence-corrected chi connectivity index (χ2v) is 6.64. The van der Waals surface area contributed by atoms with Gasteiger partial charge in [-0.05, 0) is 29.8 Å². The molecule has 2 aromatic rings. The molecule has 0 amide bonds. The molecule has 0 saturated heterocycles. The van der Waals surface area contributed by atoms with Crippen LogP contribution >= 0.6 is 0 Å². The average Bonchev–Trinajstić information content (AvgIpc) is 2.60. The van der Waals surface area contributed by atoms with Crippen LogP contribution in [0.4, 0.5) is 5.69 Å². The Morgan fingerprint density at radius 2 is 1.58 bits per heavy atom. The van der Waals surface area contributed by atoms with E-state index in [0.717, 1.165) is 37.6 Å². The van der Waals surface area contributed by atoms with Gasteiger partial charge in [-0.2, -0.15) is 0 Å². The third kappa shape index (κ3) is 3.49. The molecule has 0 saturated carbocycles. The van der Waals surface area contributed by atoms with Crippen LogP contribution in [0.3, 0.4) is 0 Å². The largest absolute Gasteiger partial charge is 0.493 e. The summed E-state index contributed by atoms with van der Waals surface area (Å²) in [4.78, 5) is 3.72. The standard InChI is InChI=1S/C20H26N2O2/c1-21(2)18-7-5-15(6-8-18)13-22-10-9-16-11-19(23-3)20(24-4)12-17(16)14-22/h5-8,11-12H,9-10,13-14H2,1-4H3/p+1. The molecule has 128 valence electrons. The van der Waals surface area contributed by atoms with E-state index in [2.05, 4.69) is 55.4 Å². The van der Waals surface area contributed by atoms with E-state index in [9.17, 15) is 0 Å². The monoisotopic (exact) mass is 327 g/mol. The highest BCUT2D eigenvalue weighted by Crippen LogP contribution is 2.31. The third-order valence-electron chi connectivity index (χ3n) is 4.80. The van der Waals surface area contributed by atoms with Gasteiger partial charge in [0.15, 0.2) is 11.5 Å². The Morgan fingerprint density at radius 3 is 2.17 bits per heavy atom. The summed E-state index contributed by atoms with van der Waals surface area (Å²) in [5, 5.41) is 0. The fourth-order valence-electron chi connectivity index (χ4n) is 3.38. The number of quaternary nitrogens is 1. The average molecular weight is 327 g/mol. The summed E-state index contributed by atoms with van der Waals surface area (Å²) in [7, 11) is 7.54. The molecular weight excluding hydrogens is 300 g/mol. The molecular formula is C20H27N2O2+.